The minimum atomic E-state index is 0.138. The highest BCUT2D eigenvalue weighted by atomic mass is 79.9. The van der Waals surface area contributed by atoms with Gasteiger partial charge < -0.3 is 5.11 Å². The van der Waals surface area contributed by atoms with E-state index in [0.29, 0.717) is 5.02 Å². The van der Waals surface area contributed by atoms with E-state index in [-0.39, 0.29) is 5.75 Å². The van der Waals surface area contributed by atoms with Crippen LogP contribution in [-0.4, -0.2) is 5.11 Å². The molecule has 2 rings (SSSR count). The van der Waals surface area contributed by atoms with Crippen LogP contribution < -0.4 is 0 Å². The molecule has 0 aliphatic rings. The molecule has 1 aromatic heterocycles. The number of phenolic OH excluding ortho intramolecular Hbond substituents is 1. The summed E-state index contributed by atoms with van der Waals surface area (Å²) >= 11 is 10.8. The highest BCUT2D eigenvalue weighted by Gasteiger charge is 2.06. The van der Waals surface area contributed by atoms with Gasteiger partial charge in [-0.2, -0.15) is 0 Å². The normalized spacial score (nSPS) is 10.8. The molecule has 0 unspecified atom stereocenters. The molecule has 12 heavy (non-hydrogen) atoms. The van der Waals surface area contributed by atoms with Gasteiger partial charge in [0.25, 0.3) is 0 Å². The molecule has 0 spiro atoms. The van der Waals surface area contributed by atoms with Crippen LogP contribution in [0.3, 0.4) is 0 Å². The van der Waals surface area contributed by atoms with Gasteiger partial charge in [-0.25, -0.2) is 0 Å². The summed E-state index contributed by atoms with van der Waals surface area (Å²) in [5, 5.41) is 10.8. The van der Waals surface area contributed by atoms with Gasteiger partial charge in [-0.05, 0) is 39.5 Å². The number of halogens is 2. The number of phenols is 1. The number of fused-ring (bicyclic) bond motifs is 1. The van der Waals surface area contributed by atoms with Crippen LogP contribution in [0.15, 0.2) is 22.0 Å². The van der Waals surface area contributed by atoms with Crippen molar-refractivity contribution in [3.8, 4) is 5.75 Å². The maximum absolute atomic E-state index is 9.29. The summed E-state index contributed by atoms with van der Waals surface area (Å²) in [5.41, 5.74) is 0. The molecule has 62 valence electrons. The van der Waals surface area contributed by atoms with E-state index in [0.717, 1.165) is 13.9 Å². The van der Waals surface area contributed by atoms with Gasteiger partial charge >= 0.3 is 0 Å². The fourth-order valence-electron chi connectivity index (χ4n) is 1.03. The first-order valence-electron chi connectivity index (χ1n) is 3.25. The molecule has 1 nitrogen and oxygen atoms in total. The molecule has 0 saturated heterocycles. The molecule has 0 fully saturated rings. The van der Waals surface area contributed by atoms with Crippen molar-refractivity contribution in [1.82, 2.24) is 0 Å². The third-order valence-electron chi connectivity index (χ3n) is 1.58. The maximum atomic E-state index is 9.29. The van der Waals surface area contributed by atoms with Crippen molar-refractivity contribution >= 4 is 49.0 Å². The van der Waals surface area contributed by atoms with Crippen LogP contribution in [0.25, 0.3) is 10.1 Å². The summed E-state index contributed by atoms with van der Waals surface area (Å²) in [4.78, 5) is 0. The van der Waals surface area contributed by atoms with E-state index in [1.165, 1.54) is 11.3 Å². The first-order chi connectivity index (χ1) is 5.68. The monoisotopic (exact) mass is 262 g/mol. The van der Waals surface area contributed by atoms with Gasteiger partial charge in [0.15, 0.2) is 0 Å². The van der Waals surface area contributed by atoms with Gasteiger partial charge in [0.2, 0.25) is 0 Å². The minimum Gasteiger partial charge on any atom is -0.506 e. The zero-order valence-electron chi connectivity index (χ0n) is 5.84. The van der Waals surface area contributed by atoms with Crippen molar-refractivity contribution < 1.29 is 5.11 Å². The Kier molecular flexibility index (Phi) is 2.02. The molecule has 0 aliphatic heterocycles. The Balaban J connectivity index is 2.89. The topological polar surface area (TPSA) is 20.2 Å². The second kappa shape index (κ2) is 2.91. The van der Waals surface area contributed by atoms with Crippen LogP contribution in [0.1, 0.15) is 0 Å². The van der Waals surface area contributed by atoms with Crippen LogP contribution in [0.5, 0.6) is 5.75 Å². The second-order valence-corrected chi connectivity index (χ2v) is 5.18. The van der Waals surface area contributed by atoms with Crippen LogP contribution in [0, 0.1) is 0 Å². The minimum absolute atomic E-state index is 0.138. The van der Waals surface area contributed by atoms with E-state index in [9.17, 15) is 5.11 Å². The lowest BCUT2D eigenvalue weighted by Gasteiger charge is -1.95. The molecule has 1 N–H and O–H groups in total. The van der Waals surface area contributed by atoms with Crippen LogP contribution >= 0.6 is 38.9 Å². The van der Waals surface area contributed by atoms with Gasteiger partial charge in [0.1, 0.15) is 10.8 Å². The predicted molar refractivity (Wildman–Crippen MR) is 56.2 cm³/mol. The number of hydrogen-bond acceptors (Lipinski definition) is 2. The van der Waals surface area contributed by atoms with E-state index in [1.807, 2.05) is 12.1 Å². The van der Waals surface area contributed by atoms with Crippen LogP contribution in [-0.2, 0) is 0 Å². The molecule has 0 radical (unpaired) electrons. The summed E-state index contributed by atoms with van der Waals surface area (Å²) in [6.07, 6.45) is 0. The summed E-state index contributed by atoms with van der Waals surface area (Å²) in [7, 11) is 0. The van der Waals surface area contributed by atoms with Crippen LogP contribution in [0.4, 0.5) is 0 Å². The van der Waals surface area contributed by atoms with Crippen molar-refractivity contribution in [2.75, 3.05) is 0 Å². The molecule has 0 amide bonds. The largest absolute Gasteiger partial charge is 0.506 e. The van der Waals surface area contributed by atoms with E-state index in [1.54, 1.807) is 6.07 Å². The van der Waals surface area contributed by atoms with Crippen molar-refractivity contribution in [3.63, 3.8) is 0 Å². The molecule has 0 aliphatic carbocycles. The first kappa shape index (κ1) is 8.35. The van der Waals surface area contributed by atoms with Gasteiger partial charge in [-0.3, -0.25) is 0 Å². The lowest BCUT2D eigenvalue weighted by molar-refractivity contribution is 0.476. The molecule has 4 heteroatoms. The summed E-state index contributed by atoms with van der Waals surface area (Å²) in [5.74, 6) is 0.138. The standard InChI is InChI=1S/C8H4BrClOS/c9-6-3-4-1-2-5(11)7(10)8(4)12-6/h1-3,11H. The Bertz CT molecular complexity index is 438. The third kappa shape index (κ3) is 1.22. The number of rotatable bonds is 0. The molecule has 0 bridgehead atoms. The fourth-order valence-corrected chi connectivity index (χ4v) is 2.87. The average Bonchev–Trinajstić information content (AvgIpc) is 2.39. The zero-order chi connectivity index (χ0) is 8.72. The highest BCUT2D eigenvalue weighted by Crippen LogP contribution is 2.38. The zero-order valence-corrected chi connectivity index (χ0v) is 9.00. The average molecular weight is 264 g/mol. The Hall–Kier alpha value is -0.250. The number of benzene rings is 1. The highest BCUT2D eigenvalue weighted by molar-refractivity contribution is 9.11. The molecular weight excluding hydrogens is 260 g/mol. The Morgan fingerprint density at radius 1 is 1.42 bits per heavy atom. The summed E-state index contributed by atoms with van der Waals surface area (Å²) in [6.45, 7) is 0. The van der Waals surface area contributed by atoms with E-state index < -0.39 is 0 Å². The Morgan fingerprint density at radius 2 is 2.17 bits per heavy atom. The molecular formula is C8H4BrClOS. The number of aromatic hydroxyl groups is 1. The molecule has 0 saturated carbocycles. The maximum Gasteiger partial charge on any atom is 0.135 e. The fraction of sp³-hybridized carbons (Fsp3) is 0. The smallest absolute Gasteiger partial charge is 0.135 e. The SMILES string of the molecule is Oc1ccc2cc(Br)sc2c1Cl. The van der Waals surface area contributed by atoms with E-state index in [2.05, 4.69) is 15.9 Å². The number of hydrogen-bond donors (Lipinski definition) is 1. The summed E-state index contributed by atoms with van der Waals surface area (Å²) in [6, 6.07) is 5.42. The van der Waals surface area contributed by atoms with Gasteiger partial charge in [-0.15, -0.1) is 11.3 Å². The molecule has 2 aromatic rings. The summed E-state index contributed by atoms with van der Waals surface area (Å²) < 4.78 is 1.94. The Morgan fingerprint density at radius 3 is 2.92 bits per heavy atom. The van der Waals surface area contributed by atoms with Crippen LogP contribution in [0.2, 0.25) is 5.02 Å². The first-order valence-corrected chi connectivity index (χ1v) is 5.24. The molecule has 1 aromatic carbocycles. The predicted octanol–water partition coefficient (Wildman–Crippen LogP) is 4.02. The van der Waals surface area contributed by atoms with Gasteiger partial charge in [-0.1, -0.05) is 11.6 Å². The number of thiophene rings is 1. The van der Waals surface area contributed by atoms with Crippen molar-refractivity contribution in [2.45, 2.75) is 0 Å². The van der Waals surface area contributed by atoms with Crippen molar-refractivity contribution in [3.05, 3.63) is 27.0 Å². The van der Waals surface area contributed by atoms with Crippen molar-refractivity contribution in [1.29, 1.82) is 0 Å². The molecule has 0 atom stereocenters. The van der Waals surface area contributed by atoms with E-state index in [4.69, 9.17) is 11.6 Å². The Labute approximate surface area is 86.7 Å². The second-order valence-electron chi connectivity index (χ2n) is 2.37. The van der Waals surface area contributed by atoms with Gasteiger partial charge in [0, 0.05) is 0 Å². The van der Waals surface area contributed by atoms with E-state index >= 15 is 0 Å². The van der Waals surface area contributed by atoms with Crippen molar-refractivity contribution in [2.24, 2.45) is 0 Å². The lowest BCUT2D eigenvalue weighted by Crippen LogP contribution is -1.67. The molecule has 1 heterocycles. The van der Waals surface area contributed by atoms with Gasteiger partial charge in [0.05, 0.1) is 8.49 Å². The third-order valence-corrected chi connectivity index (χ3v) is 3.74. The lowest BCUT2D eigenvalue weighted by atomic mass is 10.2. The quantitative estimate of drug-likeness (QED) is 0.761.